The number of carbonyl (C=O) groups excluding carboxylic acids is 4. The fraction of sp³-hybridized carbons (Fsp3) is 0.364. The van der Waals surface area contributed by atoms with Crippen LogP contribution in [0.4, 0.5) is 4.79 Å². The summed E-state index contributed by atoms with van der Waals surface area (Å²) < 4.78 is 11.6. The third kappa shape index (κ3) is 6.21. The summed E-state index contributed by atoms with van der Waals surface area (Å²) in [4.78, 5) is 54.8. The zero-order valence-electron chi connectivity index (χ0n) is 24.9. The number of thioether (sulfide) groups is 1. The van der Waals surface area contributed by atoms with E-state index in [1.54, 1.807) is 33.1 Å². The Morgan fingerprint density at radius 1 is 1.07 bits per heavy atom. The number of fused-ring (bicyclic) bond motifs is 1. The number of nitrogens with one attached hydrogen (secondary N) is 2. The number of hydrogen-bond donors (Lipinski definition) is 2. The number of carbonyl (C=O) groups is 4. The number of alkyl carbamates (subject to hydrolysis) is 1. The Morgan fingerprint density at radius 3 is 2.20 bits per heavy atom. The van der Waals surface area contributed by atoms with E-state index in [0.717, 1.165) is 11.1 Å². The van der Waals surface area contributed by atoms with E-state index in [2.05, 4.69) is 16.7 Å². The molecular formula is C33H34N4O6S. The molecular weight excluding hydrogens is 580 g/mol. The van der Waals surface area contributed by atoms with Crippen molar-refractivity contribution in [2.75, 3.05) is 6.54 Å². The molecule has 0 saturated carbocycles. The molecule has 0 radical (unpaired) electrons. The molecule has 3 aliphatic rings. The third-order valence-corrected chi connectivity index (χ3v) is 8.69. The lowest BCUT2D eigenvalue weighted by atomic mass is 9.84. The smallest absolute Gasteiger partial charge is 0.408 e. The van der Waals surface area contributed by atoms with E-state index in [4.69, 9.17) is 9.47 Å². The lowest BCUT2D eigenvalue weighted by Crippen LogP contribution is -2.74. The minimum Gasteiger partial charge on any atom is -0.451 e. The van der Waals surface area contributed by atoms with Crippen LogP contribution in [0.3, 0.4) is 0 Å². The Hall–Kier alpha value is -4.56. The van der Waals surface area contributed by atoms with Crippen molar-refractivity contribution in [1.29, 1.82) is 5.26 Å². The third-order valence-electron chi connectivity index (χ3n) is 7.52. The number of nitrogens with zero attached hydrogens (tertiary/aromatic N) is 2. The number of amides is 3. The van der Waals surface area contributed by atoms with E-state index >= 15 is 0 Å². The predicted molar refractivity (Wildman–Crippen MR) is 164 cm³/mol. The maximum Gasteiger partial charge on any atom is 0.408 e. The van der Waals surface area contributed by atoms with Gasteiger partial charge in [-0.3, -0.25) is 9.59 Å². The van der Waals surface area contributed by atoms with Gasteiger partial charge < -0.3 is 25.0 Å². The van der Waals surface area contributed by atoms with Gasteiger partial charge in [-0.15, -0.1) is 11.8 Å². The second kappa shape index (κ2) is 12.6. The van der Waals surface area contributed by atoms with Crippen molar-refractivity contribution in [3.8, 4) is 6.07 Å². The van der Waals surface area contributed by atoms with Gasteiger partial charge >= 0.3 is 12.1 Å². The summed E-state index contributed by atoms with van der Waals surface area (Å²) in [6.07, 6.45) is -1.16. The van der Waals surface area contributed by atoms with Gasteiger partial charge in [-0.05, 0) is 61.8 Å². The fourth-order valence-corrected chi connectivity index (χ4v) is 6.81. The predicted octanol–water partition coefficient (Wildman–Crippen LogP) is 4.36. The van der Waals surface area contributed by atoms with Crippen molar-refractivity contribution in [2.24, 2.45) is 5.92 Å². The summed E-state index contributed by atoms with van der Waals surface area (Å²) in [5.41, 5.74) is 1.87. The van der Waals surface area contributed by atoms with Crippen LogP contribution in [0, 0.1) is 17.2 Å². The van der Waals surface area contributed by atoms with Gasteiger partial charge in [0.1, 0.15) is 17.0 Å². The van der Waals surface area contributed by atoms with Crippen LogP contribution < -0.4 is 10.6 Å². The highest BCUT2D eigenvalue weighted by molar-refractivity contribution is 8.03. The topological polar surface area (TPSA) is 138 Å². The molecule has 4 atom stereocenters. The molecule has 228 valence electrons. The molecule has 11 heteroatoms. The second-order valence-electron chi connectivity index (χ2n) is 11.8. The van der Waals surface area contributed by atoms with Gasteiger partial charge in [0, 0.05) is 12.1 Å². The first-order chi connectivity index (χ1) is 21.0. The van der Waals surface area contributed by atoms with Gasteiger partial charge in [-0.25, -0.2) is 9.59 Å². The van der Waals surface area contributed by atoms with Crippen molar-refractivity contribution in [3.05, 3.63) is 93.9 Å². The number of ether oxygens (including phenoxy) is 2. The van der Waals surface area contributed by atoms with Crippen LogP contribution in [0.2, 0.25) is 0 Å². The summed E-state index contributed by atoms with van der Waals surface area (Å²) >= 11 is 1.23. The Kier molecular flexibility index (Phi) is 8.83. The maximum absolute atomic E-state index is 14.3. The molecule has 2 N–H and O–H groups in total. The fourth-order valence-electron chi connectivity index (χ4n) is 5.57. The van der Waals surface area contributed by atoms with E-state index in [1.165, 1.54) is 16.7 Å². The molecule has 3 heterocycles. The Balaban J connectivity index is 1.55. The van der Waals surface area contributed by atoms with Crippen molar-refractivity contribution in [2.45, 2.75) is 63.3 Å². The zero-order valence-corrected chi connectivity index (χ0v) is 25.7. The lowest BCUT2D eigenvalue weighted by molar-refractivity contribution is -0.164. The molecule has 44 heavy (non-hydrogen) atoms. The monoisotopic (exact) mass is 614 g/mol. The van der Waals surface area contributed by atoms with Crippen molar-refractivity contribution in [1.82, 2.24) is 15.5 Å². The van der Waals surface area contributed by atoms with Gasteiger partial charge in [0.15, 0.2) is 12.1 Å². The van der Waals surface area contributed by atoms with Crippen LogP contribution in [0.15, 0.2) is 82.8 Å². The number of rotatable bonds is 7. The highest BCUT2D eigenvalue weighted by atomic mass is 32.2. The highest BCUT2D eigenvalue weighted by Gasteiger charge is 2.57. The first-order valence-electron chi connectivity index (χ1n) is 14.4. The quantitative estimate of drug-likeness (QED) is 0.267. The number of benzene rings is 2. The average Bonchev–Trinajstić information content (AvgIpc) is 3.43. The van der Waals surface area contributed by atoms with Gasteiger partial charge in [0.2, 0.25) is 11.8 Å². The van der Waals surface area contributed by atoms with E-state index in [-0.39, 0.29) is 5.91 Å². The molecule has 0 aromatic heterocycles. The molecule has 2 saturated heterocycles. The normalized spacial score (nSPS) is 23.0. The highest BCUT2D eigenvalue weighted by Crippen LogP contribution is 2.45. The summed E-state index contributed by atoms with van der Waals surface area (Å²) in [7, 11) is 0. The average molecular weight is 615 g/mol. The van der Waals surface area contributed by atoms with Crippen LogP contribution in [-0.4, -0.2) is 58.4 Å². The van der Waals surface area contributed by atoms with Crippen LogP contribution in [0.5, 0.6) is 0 Å². The first kappa shape index (κ1) is 30.9. The van der Waals surface area contributed by atoms with Gasteiger partial charge in [-0.2, -0.15) is 5.26 Å². The Labute approximate surface area is 260 Å². The van der Waals surface area contributed by atoms with Crippen LogP contribution in [0.1, 0.15) is 51.3 Å². The number of hydrogen-bond acceptors (Lipinski definition) is 8. The first-order valence-corrected chi connectivity index (χ1v) is 15.3. The molecule has 2 aromatic carbocycles. The molecule has 3 aliphatic heterocycles. The largest absolute Gasteiger partial charge is 0.451 e. The molecule has 0 spiro atoms. The van der Waals surface area contributed by atoms with Gasteiger partial charge in [-0.1, -0.05) is 60.7 Å². The SMILES string of the molecule is CC(C#N)/C(C1=CS[C@@H]2[C@H](NC(=O)OC(C)(C)C)C(=O)N2[C@H]1C(=O)OC(c1ccccc1)c1ccccc1)=C1/CCNC1=O. The minimum absolute atomic E-state index is 0.312. The van der Waals surface area contributed by atoms with Gasteiger partial charge in [0.25, 0.3) is 0 Å². The molecule has 1 unspecified atom stereocenters. The Morgan fingerprint density at radius 2 is 1.68 bits per heavy atom. The summed E-state index contributed by atoms with van der Waals surface area (Å²) in [6.45, 7) is 7.23. The van der Waals surface area contributed by atoms with E-state index < -0.39 is 53.1 Å². The summed E-state index contributed by atoms with van der Waals surface area (Å²) in [5.74, 6) is -2.28. The Bertz CT molecular complexity index is 1520. The molecule has 3 amide bonds. The van der Waals surface area contributed by atoms with Crippen LogP contribution in [-0.2, 0) is 23.9 Å². The summed E-state index contributed by atoms with van der Waals surface area (Å²) in [5, 5.41) is 16.4. The van der Waals surface area contributed by atoms with Crippen molar-refractivity contribution >= 4 is 35.6 Å². The number of nitriles is 1. The van der Waals surface area contributed by atoms with E-state index in [9.17, 15) is 24.4 Å². The molecule has 10 nitrogen and oxygen atoms in total. The molecule has 5 rings (SSSR count). The second-order valence-corrected chi connectivity index (χ2v) is 12.7. The number of β-lactam (4-membered cyclic amide) rings is 1. The van der Waals surface area contributed by atoms with Crippen LogP contribution >= 0.6 is 11.8 Å². The maximum atomic E-state index is 14.3. The minimum atomic E-state index is -1.26. The summed E-state index contributed by atoms with van der Waals surface area (Å²) in [6, 6.07) is 18.5. The van der Waals surface area contributed by atoms with Crippen molar-refractivity contribution < 1.29 is 28.7 Å². The van der Waals surface area contributed by atoms with Crippen LogP contribution in [0.25, 0.3) is 0 Å². The van der Waals surface area contributed by atoms with E-state index in [0.29, 0.717) is 29.7 Å². The number of esters is 1. The molecule has 2 fully saturated rings. The van der Waals surface area contributed by atoms with Crippen molar-refractivity contribution in [3.63, 3.8) is 0 Å². The molecule has 0 aliphatic carbocycles. The lowest BCUT2D eigenvalue weighted by Gasteiger charge is -2.52. The molecule has 2 aromatic rings. The molecule has 0 bridgehead atoms. The van der Waals surface area contributed by atoms with Gasteiger partial charge in [0.05, 0.1) is 12.0 Å². The van der Waals surface area contributed by atoms with E-state index in [1.807, 2.05) is 60.7 Å². The zero-order chi connectivity index (χ0) is 31.6. The standard InChI is InChI=1S/C33H34N4O6S/c1-19(17-34)24(22-15-16-35-28(22)38)23-18-44-30-25(36-32(41)43-33(2,3)4)29(39)37(30)26(23)31(40)42-27(20-11-7-5-8-12-20)21-13-9-6-10-14-21/h5-14,18-19,25-27,30H,15-16H2,1-4H3,(H,35,38)(H,36,41)/b24-22+/t19?,25-,26-,30-/m1/s1.